The number of alkyl halides is 3. The molecule has 0 aliphatic carbocycles. The molecule has 4 nitrogen and oxygen atoms in total. The molecule has 1 heterocycles. The van der Waals surface area contributed by atoms with Gasteiger partial charge in [-0.2, -0.15) is 0 Å². The molecule has 2 N–H and O–H groups in total. The molecule has 0 atom stereocenters. The number of ether oxygens (including phenoxy) is 1. The maximum absolute atomic E-state index is 12.4. The highest BCUT2D eigenvalue weighted by molar-refractivity contribution is 5.76. The van der Waals surface area contributed by atoms with Crippen LogP contribution < -0.4 is 10.5 Å². The highest BCUT2D eigenvalue weighted by Crippen LogP contribution is 2.36. The summed E-state index contributed by atoms with van der Waals surface area (Å²) in [5, 5.41) is 0. The first-order valence-corrected chi connectivity index (χ1v) is 6.01. The molecular formula is C13H14F3N3O. The zero-order valence-corrected chi connectivity index (χ0v) is 11.0. The Morgan fingerprint density at radius 3 is 2.50 bits per heavy atom. The lowest BCUT2D eigenvalue weighted by molar-refractivity contribution is -0.274. The number of aromatic nitrogens is 2. The number of benzene rings is 1. The maximum atomic E-state index is 12.4. The quantitative estimate of drug-likeness (QED) is 0.940. The number of nitrogens with two attached hydrogens (primary N) is 1. The summed E-state index contributed by atoms with van der Waals surface area (Å²) in [4.78, 5) is 4.23. The molecule has 0 bridgehead atoms. The summed E-state index contributed by atoms with van der Waals surface area (Å²) in [6.45, 7) is 4.22. The predicted molar refractivity (Wildman–Crippen MR) is 69.2 cm³/mol. The smallest absolute Gasteiger partial charge is 0.405 e. The van der Waals surface area contributed by atoms with Gasteiger partial charge in [0, 0.05) is 12.1 Å². The molecule has 0 spiro atoms. The highest BCUT2D eigenvalue weighted by atomic mass is 19.4. The predicted octanol–water partition coefficient (Wildman–Crippen LogP) is 3.36. The molecule has 1 aromatic heterocycles. The van der Waals surface area contributed by atoms with E-state index in [0.29, 0.717) is 23.9 Å². The molecule has 108 valence electrons. The number of nitrogens with zero attached hydrogens (tertiary/aromatic N) is 2. The van der Waals surface area contributed by atoms with Crippen molar-refractivity contribution in [1.82, 2.24) is 9.55 Å². The second-order valence-electron chi connectivity index (χ2n) is 4.18. The molecule has 0 aliphatic heterocycles. The molecule has 2 aromatic rings. The van der Waals surface area contributed by atoms with E-state index in [9.17, 15) is 13.2 Å². The van der Waals surface area contributed by atoms with E-state index in [2.05, 4.69) is 9.72 Å². The van der Waals surface area contributed by atoms with Gasteiger partial charge in [0.2, 0.25) is 0 Å². The van der Waals surface area contributed by atoms with E-state index in [1.54, 1.807) is 17.6 Å². The summed E-state index contributed by atoms with van der Waals surface area (Å²) in [6, 6.07) is 5.81. The van der Waals surface area contributed by atoms with Crippen LogP contribution in [0.2, 0.25) is 0 Å². The normalized spacial score (nSPS) is 11.7. The van der Waals surface area contributed by atoms with E-state index >= 15 is 0 Å². The average Bonchev–Trinajstić information content (AvgIpc) is 2.63. The van der Waals surface area contributed by atoms with Crippen LogP contribution in [0.4, 0.5) is 19.0 Å². The first-order valence-electron chi connectivity index (χ1n) is 6.01. The molecule has 7 heteroatoms. The van der Waals surface area contributed by atoms with Crippen molar-refractivity contribution >= 4 is 5.82 Å². The van der Waals surface area contributed by atoms with Crippen molar-refractivity contribution < 1.29 is 17.9 Å². The Morgan fingerprint density at radius 1 is 1.30 bits per heavy atom. The lowest BCUT2D eigenvalue weighted by atomic mass is 10.1. The Kier molecular flexibility index (Phi) is 3.61. The number of rotatable bonds is 3. The van der Waals surface area contributed by atoms with Gasteiger partial charge in [0.1, 0.15) is 23.1 Å². The van der Waals surface area contributed by atoms with Crippen molar-refractivity contribution in [3.8, 4) is 17.0 Å². The van der Waals surface area contributed by atoms with Crippen LogP contribution in [-0.4, -0.2) is 15.9 Å². The minimum atomic E-state index is -4.76. The van der Waals surface area contributed by atoms with Gasteiger partial charge >= 0.3 is 6.36 Å². The van der Waals surface area contributed by atoms with Gasteiger partial charge in [0.05, 0.1) is 0 Å². The summed E-state index contributed by atoms with van der Waals surface area (Å²) in [6.07, 6.45) is -4.76. The molecule has 0 aliphatic rings. The summed E-state index contributed by atoms with van der Waals surface area (Å²) >= 11 is 0. The number of hydrogen-bond donors (Lipinski definition) is 1. The second kappa shape index (κ2) is 5.07. The van der Waals surface area contributed by atoms with Gasteiger partial charge in [-0.15, -0.1) is 13.2 Å². The standard InChI is InChI=1S/C13H14F3N3O/c1-3-19-8(2)18-11(12(19)17)9-6-4-5-7-10(9)20-13(14,15)16/h4-7H,3,17H2,1-2H3. The first-order chi connectivity index (χ1) is 9.33. The van der Waals surface area contributed by atoms with E-state index in [1.807, 2.05) is 6.92 Å². The maximum Gasteiger partial charge on any atom is 0.573 e. The molecule has 0 saturated heterocycles. The van der Waals surface area contributed by atoms with E-state index in [4.69, 9.17) is 5.73 Å². The third-order valence-electron chi connectivity index (χ3n) is 2.88. The third kappa shape index (κ3) is 2.71. The molecular weight excluding hydrogens is 271 g/mol. The van der Waals surface area contributed by atoms with E-state index in [1.165, 1.54) is 18.2 Å². The Bertz CT molecular complexity index is 620. The summed E-state index contributed by atoms with van der Waals surface area (Å²) < 4.78 is 43.0. The average molecular weight is 285 g/mol. The number of anilines is 1. The molecule has 0 fully saturated rings. The van der Waals surface area contributed by atoms with Gasteiger partial charge in [-0.05, 0) is 26.0 Å². The van der Waals surface area contributed by atoms with Gasteiger partial charge < -0.3 is 15.0 Å². The Hall–Kier alpha value is -2.18. The van der Waals surface area contributed by atoms with Gasteiger partial charge in [0.15, 0.2) is 0 Å². The van der Waals surface area contributed by atoms with Crippen molar-refractivity contribution in [2.24, 2.45) is 0 Å². The zero-order valence-electron chi connectivity index (χ0n) is 11.0. The number of imidazole rings is 1. The molecule has 0 unspecified atom stereocenters. The van der Waals surface area contributed by atoms with Crippen molar-refractivity contribution in [2.75, 3.05) is 5.73 Å². The fourth-order valence-corrected chi connectivity index (χ4v) is 2.05. The largest absolute Gasteiger partial charge is 0.573 e. The van der Waals surface area contributed by atoms with Crippen molar-refractivity contribution in [3.05, 3.63) is 30.1 Å². The number of para-hydroxylation sites is 1. The first kappa shape index (κ1) is 14.2. The van der Waals surface area contributed by atoms with Crippen molar-refractivity contribution in [1.29, 1.82) is 0 Å². The summed E-state index contributed by atoms with van der Waals surface area (Å²) in [5.41, 5.74) is 6.46. The number of nitrogen functional groups attached to an aromatic ring is 1. The van der Waals surface area contributed by atoms with Crippen LogP contribution in [0.25, 0.3) is 11.3 Å². The van der Waals surface area contributed by atoms with Crippen LogP contribution in [0.3, 0.4) is 0 Å². The zero-order chi connectivity index (χ0) is 14.9. The Labute approximate surface area is 114 Å². The van der Waals surface area contributed by atoms with Crippen LogP contribution in [0.1, 0.15) is 12.7 Å². The van der Waals surface area contributed by atoms with Crippen molar-refractivity contribution in [3.63, 3.8) is 0 Å². The third-order valence-corrected chi connectivity index (χ3v) is 2.88. The van der Waals surface area contributed by atoms with E-state index in [0.717, 1.165) is 0 Å². The summed E-state index contributed by atoms with van der Waals surface area (Å²) in [7, 11) is 0. The fraction of sp³-hybridized carbons (Fsp3) is 0.308. The lowest BCUT2D eigenvalue weighted by Crippen LogP contribution is -2.17. The molecule has 2 rings (SSSR count). The minimum Gasteiger partial charge on any atom is -0.405 e. The Morgan fingerprint density at radius 2 is 1.95 bits per heavy atom. The van der Waals surface area contributed by atoms with Crippen LogP contribution in [0, 0.1) is 6.92 Å². The van der Waals surface area contributed by atoms with Crippen LogP contribution in [0.5, 0.6) is 5.75 Å². The fourth-order valence-electron chi connectivity index (χ4n) is 2.05. The van der Waals surface area contributed by atoms with Crippen LogP contribution in [0.15, 0.2) is 24.3 Å². The Balaban J connectivity index is 2.53. The number of aryl methyl sites for hydroxylation is 1. The SMILES string of the molecule is CCn1c(C)nc(-c2ccccc2OC(F)(F)F)c1N. The monoisotopic (exact) mass is 285 g/mol. The van der Waals surface area contributed by atoms with E-state index in [-0.39, 0.29) is 11.3 Å². The summed E-state index contributed by atoms with van der Waals surface area (Å²) in [5.74, 6) is 0.650. The van der Waals surface area contributed by atoms with Gasteiger partial charge in [-0.3, -0.25) is 0 Å². The van der Waals surface area contributed by atoms with Crippen LogP contribution in [-0.2, 0) is 6.54 Å². The highest BCUT2D eigenvalue weighted by Gasteiger charge is 2.32. The molecule has 1 aromatic carbocycles. The topological polar surface area (TPSA) is 53.1 Å². The van der Waals surface area contributed by atoms with E-state index < -0.39 is 6.36 Å². The number of hydrogen-bond acceptors (Lipinski definition) is 3. The molecule has 20 heavy (non-hydrogen) atoms. The minimum absolute atomic E-state index is 0.220. The lowest BCUT2D eigenvalue weighted by Gasteiger charge is -2.12. The molecule has 0 saturated carbocycles. The molecule has 0 radical (unpaired) electrons. The molecule has 0 amide bonds. The van der Waals surface area contributed by atoms with Crippen molar-refractivity contribution in [2.45, 2.75) is 26.8 Å². The van der Waals surface area contributed by atoms with Gasteiger partial charge in [-0.1, -0.05) is 12.1 Å². The number of halogens is 3. The van der Waals surface area contributed by atoms with Crippen LogP contribution >= 0.6 is 0 Å². The second-order valence-corrected chi connectivity index (χ2v) is 4.18. The van der Waals surface area contributed by atoms with Gasteiger partial charge in [0.25, 0.3) is 0 Å². The van der Waals surface area contributed by atoms with Gasteiger partial charge in [-0.25, -0.2) is 4.98 Å².